The number of carbonyl (C=O) groups excluding carboxylic acids is 2. The number of fused-ring (bicyclic) bond motifs is 1. The number of hydrogen-bond donors (Lipinski definition) is 1. The molecule has 0 unspecified atom stereocenters. The maximum atomic E-state index is 12.4. The molecule has 3 aromatic rings. The molecule has 0 bridgehead atoms. The molecule has 1 aromatic carbocycles. The van der Waals surface area contributed by atoms with Crippen LogP contribution in [0.1, 0.15) is 32.1 Å². The summed E-state index contributed by atoms with van der Waals surface area (Å²) >= 11 is 0. The second-order valence-electron chi connectivity index (χ2n) is 6.39. The van der Waals surface area contributed by atoms with Crippen molar-refractivity contribution < 1.29 is 18.0 Å². The molecule has 0 saturated heterocycles. The maximum Gasteiger partial charge on any atom is 0.280 e. The SMILES string of the molecule is O=C1c2cccnc2C(=O)N1Cc1ccc(S(=O)(=O)NCc2ccccn2)cc1. The lowest BCUT2D eigenvalue weighted by molar-refractivity contribution is 0.0640. The first-order valence-corrected chi connectivity index (χ1v) is 10.2. The third-order valence-electron chi connectivity index (χ3n) is 4.47. The number of amides is 2. The van der Waals surface area contributed by atoms with Gasteiger partial charge in [0.1, 0.15) is 5.69 Å². The smallest absolute Gasteiger partial charge is 0.268 e. The third kappa shape index (κ3) is 3.78. The molecule has 0 atom stereocenters. The van der Waals surface area contributed by atoms with Crippen molar-refractivity contribution in [3.63, 3.8) is 0 Å². The minimum atomic E-state index is -3.72. The van der Waals surface area contributed by atoms with Gasteiger partial charge in [0.2, 0.25) is 10.0 Å². The summed E-state index contributed by atoms with van der Waals surface area (Å²) < 4.78 is 27.4. The number of sulfonamides is 1. The van der Waals surface area contributed by atoms with Crippen LogP contribution in [0.5, 0.6) is 0 Å². The number of aromatic nitrogens is 2. The van der Waals surface area contributed by atoms with Crippen molar-refractivity contribution in [2.75, 3.05) is 0 Å². The van der Waals surface area contributed by atoms with E-state index in [2.05, 4.69) is 14.7 Å². The molecule has 1 N–H and O–H groups in total. The Morgan fingerprint density at radius 2 is 1.62 bits per heavy atom. The van der Waals surface area contributed by atoms with E-state index in [0.717, 1.165) is 4.90 Å². The van der Waals surface area contributed by atoms with E-state index < -0.39 is 21.8 Å². The number of carbonyl (C=O) groups is 2. The largest absolute Gasteiger partial charge is 0.280 e. The van der Waals surface area contributed by atoms with E-state index in [9.17, 15) is 18.0 Å². The predicted molar refractivity (Wildman–Crippen MR) is 103 cm³/mol. The molecule has 3 heterocycles. The van der Waals surface area contributed by atoms with Crippen molar-refractivity contribution in [2.24, 2.45) is 0 Å². The molecule has 1 aliphatic heterocycles. The van der Waals surface area contributed by atoms with E-state index in [0.29, 0.717) is 11.3 Å². The number of nitrogens with zero attached hydrogens (tertiary/aromatic N) is 3. The molecule has 0 aliphatic carbocycles. The van der Waals surface area contributed by atoms with Crippen LogP contribution in [0.4, 0.5) is 0 Å². The van der Waals surface area contributed by atoms with E-state index >= 15 is 0 Å². The summed E-state index contributed by atoms with van der Waals surface area (Å²) in [6.45, 7) is 0.114. The van der Waals surface area contributed by atoms with Crippen molar-refractivity contribution >= 4 is 21.8 Å². The average Bonchev–Trinajstić information content (AvgIpc) is 2.99. The van der Waals surface area contributed by atoms with Crippen LogP contribution in [0.2, 0.25) is 0 Å². The first-order chi connectivity index (χ1) is 14.0. The van der Waals surface area contributed by atoms with Crippen molar-refractivity contribution in [3.8, 4) is 0 Å². The lowest BCUT2D eigenvalue weighted by Crippen LogP contribution is -2.29. The highest BCUT2D eigenvalue weighted by molar-refractivity contribution is 7.89. The fourth-order valence-corrected chi connectivity index (χ4v) is 3.97. The van der Waals surface area contributed by atoms with Crippen molar-refractivity contribution in [2.45, 2.75) is 18.0 Å². The fourth-order valence-electron chi connectivity index (χ4n) is 2.97. The monoisotopic (exact) mass is 408 g/mol. The number of imide groups is 1. The average molecular weight is 408 g/mol. The zero-order chi connectivity index (χ0) is 20.4. The lowest BCUT2D eigenvalue weighted by atomic mass is 10.2. The summed E-state index contributed by atoms with van der Waals surface area (Å²) in [6, 6.07) is 14.4. The summed E-state index contributed by atoms with van der Waals surface area (Å²) in [5, 5.41) is 0. The Morgan fingerprint density at radius 3 is 2.31 bits per heavy atom. The van der Waals surface area contributed by atoms with E-state index in [1.54, 1.807) is 48.7 Å². The van der Waals surface area contributed by atoms with Gasteiger partial charge in [-0.2, -0.15) is 0 Å². The van der Waals surface area contributed by atoms with Crippen LogP contribution in [0.25, 0.3) is 0 Å². The molecule has 0 radical (unpaired) electrons. The van der Waals surface area contributed by atoms with Crippen LogP contribution in [0.15, 0.2) is 71.9 Å². The van der Waals surface area contributed by atoms with Crippen LogP contribution >= 0.6 is 0 Å². The van der Waals surface area contributed by atoms with E-state index in [1.807, 2.05) is 0 Å². The van der Waals surface area contributed by atoms with Gasteiger partial charge in [-0.3, -0.25) is 24.5 Å². The van der Waals surface area contributed by atoms with E-state index in [4.69, 9.17) is 0 Å². The van der Waals surface area contributed by atoms with Gasteiger partial charge in [-0.05, 0) is 42.0 Å². The Hall–Kier alpha value is -3.43. The fraction of sp³-hybridized carbons (Fsp3) is 0.100. The van der Waals surface area contributed by atoms with Gasteiger partial charge in [-0.15, -0.1) is 0 Å². The zero-order valence-electron chi connectivity index (χ0n) is 15.1. The molecule has 4 rings (SSSR count). The highest BCUT2D eigenvalue weighted by atomic mass is 32.2. The molecule has 9 heteroatoms. The molecular weight excluding hydrogens is 392 g/mol. The Kier molecular flexibility index (Phi) is 4.91. The highest BCUT2D eigenvalue weighted by Crippen LogP contribution is 2.23. The molecule has 0 fully saturated rings. The number of benzene rings is 1. The molecule has 2 amide bonds. The Balaban J connectivity index is 1.46. The number of nitrogens with one attached hydrogen (secondary N) is 1. The van der Waals surface area contributed by atoms with Gasteiger partial charge >= 0.3 is 0 Å². The minimum absolute atomic E-state index is 0.0374. The number of pyridine rings is 2. The summed E-state index contributed by atoms with van der Waals surface area (Å²) in [6.07, 6.45) is 3.05. The first-order valence-electron chi connectivity index (χ1n) is 8.75. The highest BCUT2D eigenvalue weighted by Gasteiger charge is 2.36. The molecule has 146 valence electrons. The van der Waals surface area contributed by atoms with E-state index in [1.165, 1.54) is 18.3 Å². The minimum Gasteiger partial charge on any atom is -0.268 e. The standard InChI is InChI=1S/C20H16N4O4S/c25-19-17-5-3-11-22-18(17)20(26)24(19)13-14-6-8-16(9-7-14)29(27,28)23-12-15-4-1-2-10-21-15/h1-11,23H,12-13H2. The quantitative estimate of drug-likeness (QED) is 0.623. The number of hydrogen-bond acceptors (Lipinski definition) is 6. The first kappa shape index (κ1) is 18.9. The van der Waals surface area contributed by atoms with Gasteiger partial charge < -0.3 is 0 Å². The molecule has 0 saturated carbocycles. The summed E-state index contributed by atoms with van der Waals surface area (Å²) in [5.74, 6) is -0.869. The van der Waals surface area contributed by atoms with Crippen LogP contribution in [0, 0.1) is 0 Å². The Bertz CT molecular complexity index is 1140. The molecule has 0 spiro atoms. The van der Waals surface area contributed by atoms with Gasteiger partial charge in [0.25, 0.3) is 11.8 Å². The normalized spacial score (nSPS) is 13.6. The van der Waals surface area contributed by atoms with Crippen molar-refractivity contribution in [1.82, 2.24) is 19.6 Å². The second kappa shape index (κ2) is 7.53. The Morgan fingerprint density at radius 1 is 0.862 bits per heavy atom. The van der Waals surface area contributed by atoms with Crippen molar-refractivity contribution in [3.05, 3.63) is 89.5 Å². The summed E-state index contributed by atoms with van der Waals surface area (Å²) in [4.78, 5) is 34.0. The summed E-state index contributed by atoms with van der Waals surface area (Å²) in [5.41, 5.74) is 1.64. The molecule has 1 aliphatic rings. The van der Waals surface area contributed by atoms with Gasteiger partial charge in [-0.1, -0.05) is 18.2 Å². The Labute approximate surface area is 167 Å². The maximum absolute atomic E-state index is 12.4. The van der Waals surface area contributed by atoms with Gasteiger partial charge in [0, 0.05) is 12.4 Å². The predicted octanol–water partition coefficient (Wildman–Crippen LogP) is 1.75. The van der Waals surface area contributed by atoms with Crippen LogP contribution in [-0.2, 0) is 23.1 Å². The van der Waals surface area contributed by atoms with Gasteiger partial charge in [0.05, 0.1) is 29.2 Å². The molecule has 2 aromatic heterocycles. The second-order valence-corrected chi connectivity index (χ2v) is 8.15. The van der Waals surface area contributed by atoms with Crippen molar-refractivity contribution in [1.29, 1.82) is 0 Å². The van der Waals surface area contributed by atoms with Gasteiger partial charge in [-0.25, -0.2) is 13.1 Å². The molecule has 29 heavy (non-hydrogen) atoms. The molecular formula is C20H16N4O4S. The van der Waals surface area contributed by atoms with E-state index in [-0.39, 0.29) is 29.2 Å². The topological polar surface area (TPSA) is 109 Å². The van der Waals surface area contributed by atoms with Crippen LogP contribution in [-0.4, -0.2) is 35.1 Å². The van der Waals surface area contributed by atoms with Crippen LogP contribution < -0.4 is 4.72 Å². The van der Waals surface area contributed by atoms with Gasteiger partial charge in [0.15, 0.2) is 0 Å². The number of rotatable bonds is 6. The lowest BCUT2D eigenvalue weighted by Gasteiger charge is -2.14. The molecule has 8 nitrogen and oxygen atoms in total. The third-order valence-corrected chi connectivity index (χ3v) is 5.89. The van der Waals surface area contributed by atoms with Crippen LogP contribution in [0.3, 0.4) is 0 Å². The zero-order valence-corrected chi connectivity index (χ0v) is 16.0. The summed E-state index contributed by atoms with van der Waals surface area (Å²) in [7, 11) is -3.72.